The molecule has 1 aromatic carbocycles. The van der Waals surface area contributed by atoms with Gasteiger partial charge in [-0.25, -0.2) is 9.67 Å². The van der Waals surface area contributed by atoms with Crippen LogP contribution in [0.1, 0.15) is 30.9 Å². The van der Waals surface area contributed by atoms with Crippen LogP contribution in [0.3, 0.4) is 0 Å². The summed E-state index contributed by atoms with van der Waals surface area (Å²) in [7, 11) is 0. The van der Waals surface area contributed by atoms with Crippen molar-refractivity contribution < 1.29 is 9.52 Å². The summed E-state index contributed by atoms with van der Waals surface area (Å²) in [6.07, 6.45) is 3.80. The third-order valence-electron chi connectivity index (χ3n) is 4.98. The van der Waals surface area contributed by atoms with E-state index in [-0.39, 0.29) is 6.61 Å². The van der Waals surface area contributed by atoms with Gasteiger partial charge < -0.3 is 14.4 Å². The molecule has 4 rings (SSSR count). The molecule has 1 fully saturated rings. The monoisotopic (exact) mass is 389 g/mol. The third kappa shape index (κ3) is 4.09. The summed E-state index contributed by atoms with van der Waals surface area (Å²) in [6, 6.07) is 6.19. The first-order valence-corrected chi connectivity index (χ1v) is 9.82. The molecule has 0 saturated carbocycles. The molecular weight excluding hydrogens is 366 g/mol. The smallest absolute Gasteiger partial charge is 0.298 e. The maximum absolute atomic E-state index is 9.09. The number of halogens is 1. The molecular formula is C19H24ClN5O2. The van der Waals surface area contributed by atoms with Crippen molar-refractivity contribution in [2.75, 3.05) is 24.6 Å². The Morgan fingerprint density at radius 3 is 3.07 bits per heavy atom. The van der Waals surface area contributed by atoms with Gasteiger partial charge >= 0.3 is 0 Å². The predicted octanol–water partition coefficient (Wildman–Crippen LogP) is 3.22. The van der Waals surface area contributed by atoms with Gasteiger partial charge in [0.15, 0.2) is 5.58 Å². The second-order valence-corrected chi connectivity index (χ2v) is 7.58. The molecule has 8 heteroatoms. The Balaban J connectivity index is 1.48. The maximum Gasteiger partial charge on any atom is 0.298 e. The number of piperidine rings is 1. The highest BCUT2D eigenvalue weighted by atomic mass is 35.5. The van der Waals surface area contributed by atoms with Crippen molar-refractivity contribution in [3.63, 3.8) is 0 Å². The van der Waals surface area contributed by atoms with E-state index in [1.54, 1.807) is 6.07 Å². The molecule has 7 nitrogen and oxygen atoms in total. The van der Waals surface area contributed by atoms with Gasteiger partial charge in [0.1, 0.15) is 17.2 Å². The first-order chi connectivity index (χ1) is 13.1. The van der Waals surface area contributed by atoms with Gasteiger partial charge in [0.2, 0.25) is 0 Å². The Bertz CT molecular complexity index is 922. The molecule has 0 spiro atoms. The second-order valence-electron chi connectivity index (χ2n) is 7.14. The van der Waals surface area contributed by atoms with Gasteiger partial charge in [0, 0.05) is 43.8 Å². The predicted molar refractivity (Wildman–Crippen MR) is 104 cm³/mol. The number of hydrogen-bond donors (Lipinski definition) is 1. The van der Waals surface area contributed by atoms with Crippen LogP contribution in [-0.2, 0) is 13.0 Å². The highest BCUT2D eigenvalue weighted by Crippen LogP contribution is 2.29. The van der Waals surface area contributed by atoms with Crippen molar-refractivity contribution in [3.05, 3.63) is 34.9 Å². The van der Waals surface area contributed by atoms with Crippen molar-refractivity contribution in [3.8, 4) is 0 Å². The number of anilines is 1. The number of nitrogens with zero attached hydrogens (tertiary/aromatic N) is 5. The van der Waals surface area contributed by atoms with E-state index < -0.39 is 0 Å². The molecule has 1 unspecified atom stereocenters. The van der Waals surface area contributed by atoms with Crippen LogP contribution in [0.15, 0.2) is 22.6 Å². The average Bonchev–Trinajstić information content (AvgIpc) is 3.23. The highest BCUT2D eigenvalue weighted by Gasteiger charge is 2.25. The second kappa shape index (κ2) is 7.86. The van der Waals surface area contributed by atoms with Crippen LogP contribution in [0, 0.1) is 12.8 Å². The number of hydrogen-bond acceptors (Lipinski definition) is 6. The first-order valence-electron chi connectivity index (χ1n) is 9.44. The summed E-state index contributed by atoms with van der Waals surface area (Å²) in [6.45, 7) is 4.60. The van der Waals surface area contributed by atoms with Crippen LogP contribution in [0.5, 0.6) is 0 Å². The van der Waals surface area contributed by atoms with Crippen molar-refractivity contribution >= 4 is 28.7 Å². The molecule has 1 N–H and O–H groups in total. The SMILES string of the molecule is Cc1nc(CC2CCCN(c3nc4ccc(Cl)cc4o3)C2)n(CCCO)n1. The molecule has 3 aromatic rings. The number of aromatic nitrogens is 4. The first kappa shape index (κ1) is 18.3. The lowest BCUT2D eigenvalue weighted by Crippen LogP contribution is -2.36. The van der Waals surface area contributed by atoms with Gasteiger partial charge in [0.05, 0.1) is 0 Å². The fourth-order valence-electron chi connectivity index (χ4n) is 3.73. The van der Waals surface area contributed by atoms with Crippen LogP contribution in [-0.4, -0.2) is 44.6 Å². The number of aliphatic hydroxyl groups excluding tert-OH is 1. The Labute approximate surface area is 163 Å². The Kier molecular flexibility index (Phi) is 5.31. The number of aryl methyl sites for hydroxylation is 2. The van der Waals surface area contributed by atoms with Gasteiger partial charge in [0.25, 0.3) is 6.01 Å². The fraction of sp³-hybridized carbons (Fsp3) is 0.526. The molecule has 2 aromatic heterocycles. The van der Waals surface area contributed by atoms with Crippen molar-refractivity contribution in [2.45, 2.75) is 39.2 Å². The number of aliphatic hydroxyl groups is 1. The molecule has 0 bridgehead atoms. The topological polar surface area (TPSA) is 80.2 Å². The van der Waals surface area contributed by atoms with Crippen LogP contribution >= 0.6 is 11.6 Å². The van der Waals surface area contributed by atoms with Gasteiger partial charge in [-0.1, -0.05) is 11.6 Å². The quantitative estimate of drug-likeness (QED) is 0.697. The van der Waals surface area contributed by atoms with E-state index in [0.717, 1.165) is 55.1 Å². The minimum Gasteiger partial charge on any atom is -0.423 e. The summed E-state index contributed by atoms with van der Waals surface area (Å²) < 4.78 is 7.87. The molecule has 1 aliphatic heterocycles. The summed E-state index contributed by atoms with van der Waals surface area (Å²) >= 11 is 6.05. The molecule has 0 radical (unpaired) electrons. The summed E-state index contributed by atoms with van der Waals surface area (Å²) in [5.41, 5.74) is 1.55. The average molecular weight is 390 g/mol. The van der Waals surface area contributed by atoms with Crippen LogP contribution in [0.2, 0.25) is 5.02 Å². The summed E-state index contributed by atoms with van der Waals surface area (Å²) in [4.78, 5) is 11.4. The third-order valence-corrected chi connectivity index (χ3v) is 5.22. The molecule has 3 heterocycles. The molecule has 144 valence electrons. The number of benzene rings is 1. The van der Waals surface area contributed by atoms with Crippen LogP contribution in [0.4, 0.5) is 6.01 Å². The Hall–Kier alpha value is -2.12. The van der Waals surface area contributed by atoms with Crippen LogP contribution in [0.25, 0.3) is 11.1 Å². The maximum atomic E-state index is 9.09. The van der Waals surface area contributed by atoms with Gasteiger partial charge in [-0.2, -0.15) is 10.1 Å². The minimum atomic E-state index is 0.164. The molecule has 0 amide bonds. The zero-order valence-corrected chi connectivity index (χ0v) is 16.2. The zero-order chi connectivity index (χ0) is 18.8. The molecule has 1 aliphatic rings. The molecule has 0 aliphatic carbocycles. The highest BCUT2D eigenvalue weighted by molar-refractivity contribution is 6.31. The lowest BCUT2D eigenvalue weighted by atomic mass is 9.94. The van der Waals surface area contributed by atoms with E-state index in [4.69, 9.17) is 21.1 Å². The van der Waals surface area contributed by atoms with E-state index in [9.17, 15) is 0 Å². The van der Waals surface area contributed by atoms with Gasteiger partial charge in [-0.3, -0.25) is 0 Å². The largest absolute Gasteiger partial charge is 0.423 e. The van der Waals surface area contributed by atoms with E-state index in [2.05, 4.69) is 20.0 Å². The van der Waals surface area contributed by atoms with E-state index in [0.29, 0.717) is 29.9 Å². The number of fused-ring (bicyclic) bond motifs is 1. The molecule has 27 heavy (non-hydrogen) atoms. The van der Waals surface area contributed by atoms with Gasteiger partial charge in [-0.05, 0) is 44.2 Å². The van der Waals surface area contributed by atoms with Crippen LogP contribution < -0.4 is 4.90 Å². The van der Waals surface area contributed by atoms with Crippen molar-refractivity contribution in [1.82, 2.24) is 19.7 Å². The molecule has 1 saturated heterocycles. The molecule has 1 atom stereocenters. The number of oxazole rings is 1. The fourth-order valence-corrected chi connectivity index (χ4v) is 3.90. The van der Waals surface area contributed by atoms with Gasteiger partial charge in [-0.15, -0.1) is 0 Å². The minimum absolute atomic E-state index is 0.164. The van der Waals surface area contributed by atoms with Crippen molar-refractivity contribution in [1.29, 1.82) is 0 Å². The Morgan fingerprint density at radius 1 is 1.33 bits per heavy atom. The lowest BCUT2D eigenvalue weighted by molar-refractivity contribution is 0.275. The van der Waals surface area contributed by atoms with Crippen molar-refractivity contribution in [2.24, 2.45) is 5.92 Å². The lowest BCUT2D eigenvalue weighted by Gasteiger charge is -2.31. The van der Waals surface area contributed by atoms with E-state index >= 15 is 0 Å². The number of rotatable bonds is 6. The Morgan fingerprint density at radius 2 is 2.22 bits per heavy atom. The van der Waals surface area contributed by atoms with E-state index in [1.165, 1.54) is 0 Å². The summed E-state index contributed by atoms with van der Waals surface area (Å²) in [5.74, 6) is 2.25. The van der Waals surface area contributed by atoms with E-state index in [1.807, 2.05) is 23.7 Å². The normalized spacial score (nSPS) is 17.7. The zero-order valence-electron chi connectivity index (χ0n) is 15.4. The summed E-state index contributed by atoms with van der Waals surface area (Å²) in [5, 5.41) is 14.2. The standard InChI is InChI=1S/C19H24ClN5O2/c1-13-21-18(25(23-13)8-3-9-26)10-14-4-2-7-24(12-14)19-22-16-6-5-15(20)11-17(16)27-19/h5-6,11,14,26H,2-4,7-10,12H2,1H3.